The minimum absolute atomic E-state index is 0.00972. The molecule has 0 radical (unpaired) electrons. The molecule has 1 aromatic carbocycles. The van der Waals surface area contributed by atoms with Gasteiger partial charge in [-0.3, -0.25) is 4.79 Å². The molecule has 7 heteroatoms. The van der Waals surface area contributed by atoms with Crippen molar-refractivity contribution in [2.45, 2.75) is 58.6 Å². The van der Waals surface area contributed by atoms with Crippen LogP contribution in [0.4, 0.5) is 0 Å². The number of imidazole rings is 1. The second-order valence-electron chi connectivity index (χ2n) is 8.49. The monoisotopic (exact) mass is 409 g/mol. The fraction of sp³-hybridized carbons (Fsp3) is 0.435. The predicted octanol–water partition coefficient (Wildman–Crippen LogP) is 3.15. The first-order valence-electron chi connectivity index (χ1n) is 10.3. The molecule has 4 rings (SSSR count). The van der Waals surface area contributed by atoms with Gasteiger partial charge in [0.25, 0.3) is 0 Å². The van der Waals surface area contributed by atoms with Crippen LogP contribution in [0.2, 0.25) is 0 Å². The van der Waals surface area contributed by atoms with Gasteiger partial charge >= 0.3 is 5.63 Å². The van der Waals surface area contributed by atoms with Crippen LogP contribution in [0.5, 0.6) is 5.75 Å². The Morgan fingerprint density at radius 2 is 2.17 bits per heavy atom. The van der Waals surface area contributed by atoms with Gasteiger partial charge in [-0.1, -0.05) is 0 Å². The number of hydrogen-bond donors (Lipinski definition) is 1. The van der Waals surface area contributed by atoms with Crippen molar-refractivity contribution < 1.29 is 13.9 Å². The molecule has 1 aliphatic heterocycles. The highest BCUT2D eigenvalue weighted by Crippen LogP contribution is 2.36. The first-order chi connectivity index (χ1) is 14.3. The number of rotatable bonds is 6. The fourth-order valence-corrected chi connectivity index (χ4v) is 3.87. The second-order valence-corrected chi connectivity index (χ2v) is 8.49. The largest absolute Gasteiger partial charge is 0.487 e. The Morgan fingerprint density at radius 3 is 2.93 bits per heavy atom. The van der Waals surface area contributed by atoms with Crippen LogP contribution in [0.1, 0.15) is 43.4 Å². The minimum atomic E-state index is -0.469. The average Bonchev–Trinajstić information content (AvgIpc) is 3.20. The molecule has 2 aromatic heterocycles. The van der Waals surface area contributed by atoms with Crippen molar-refractivity contribution in [2.24, 2.45) is 0 Å². The lowest BCUT2D eigenvalue weighted by Crippen LogP contribution is -2.32. The number of amides is 1. The molecule has 1 aliphatic rings. The third-order valence-electron chi connectivity index (χ3n) is 5.66. The Morgan fingerprint density at radius 1 is 1.33 bits per heavy atom. The van der Waals surface area contributed by atoms with Gasteiger partial charge in [0.05, 0.1) is 18.3 Å². The Bertz CT molecular complexity index is 1130. The van der Waals surface area contributed by atoms with E-state index in [0.29, 0.717) is 17.7 Å². The van der Waals surface area contributed by atoms with Gasteiger partial charge < -0.3 is 19.0 Å². The zero-order valence-corrected chi connectivity index (χ0v) is 17.7. The third kappa shape index (κ3) is 4.25. The number of aromatic nitrogens is 2. The Hall–Kier alpha value is -3.09. The molecule has 3 heterocycles. The topological polar surface area (TPSA) is 86.4 Å². The van der Waals surface area contributed by atoms with E-state index in [1.54, 1.807) is 18.6 Å². The highest BCUT2D eigenvalue weighted by molar-refractivity contribution is 5.86. The minimum Gasteiger partial charge on any atom is -0.487 e. The quantitative estimate of drug-likeness (QED) is 0.499. The summed E-state index contributed by atoms with van der Waals surface area (Å²) in [7, 11) is 0. The molecule has 0 bridgehead atoms. The maximum atomic E-state index is 12.6. The van der Waals surface area contributed by atoms with E-state index in [9.17, 15) is 9.59 Å². The van der Waals surface area contributed by atoms with Crippen molar-refractivity contribution in [1.29, 1.82) is 0 Å². The van der Waals surface area contributed by atoms with Gasteiger partial charge in [-0.25, -0.2) is 9.78 Å². The molecule has 0 fully saturated rings. The molecular formula is C23H27N3O4. The van der Waals surface area contributed by atoms with Crippen molar-refractivity contribution in [3.8, 4) is 5.75 Å². The molecule has 30 heavy (non-hydrogen) atoms. The van der Waals surface area contributed by atoms with E-state index in [1.807, 2.05) is 23.8 Å². The van der Waals surface area contributed by atoms with Crippen molar-refractivity contribution >= 4 is 16.9 Å². The number of nitrogens with one attached hydrogen (secondary N) is 1. The summed E-state index contributed by atoms with van der Waals surface area (Å²) < 4.78 is 13.6. The number of ether oxygens (including phenoxy) is 1. The van der Waals surface area contributed by atoms with E-state index in [1.165, 1.54) is 0 Å². The maximum Gasteiger partial charge on any atom is 0.340 e. The Kier molecular flexibility index (Phi) is 5.37. The fourth-order valence-electron chi connectivity index (χ4n) is 3.87. The molecule has 0 saturated heterocycles. The molecule has 158 valence electrons. The van der Waals surface area contributed by atoms with E-state index in [4.69, 9.17) is 9.15 Å². The predicted molar refractivity (Wildman–Crippen MR) is 114 cm³/mol. The summed E-state index contributed by atoms with van der Waals surface area (Å²) in [5.74, 6) is 0.586. The molecule has 1 N–H and O–H groups in total. The highest BCUT2D eigenvalue weighted by atomic mass is 16.5. The van der Waals surface area contributed by atoms with Crippen LogP contribution in [-0.2, 0) is 24.2 Å². The summed E-state index contributed by atoms with van der Waals surface area (Å²) in [6.45, 7) is 7.30. The lowest BCUT2D eigenvalue weighted by atomic mass is 9.92. The number of aryl methyl sites for hydroxylation is 3. The number of carbonyl (C=O) groups is 1. The molecule has 3 aromatic rings. The van der Waals surface area contributed by atoms with E-state index in [0.717, 1.165) is 48.1 Å². The first kappa shape index (κ1) is 20.2. The average molecular weight is 409 g/mol. The molecule has 0 saturated carbocycles. The summed E-state index contributed by atoms with van der Waals surface area (Å²) >= 11 is 0. The molecule has 0 spiro atoms. The van der Waals surface area contributed by atoms with Crippen molar-refractivity contribution in [3.05, 3.63) is 58.0 Å². The number of fused-ring (bicyclic) bond motifs is 2. The van der Waals surface area contributed by atoms with Gasteiger partial charge in [0.1, 0.15) is 16.9 Å². The van der Waals surface area contributed by atoms with Crippen molar-refractivity contribution in [1.82, 2.24) is 14.9 Å². The van der Waals surface area contributed by atoms with Crippen LogP contribution in [0.25, 0.3) is 11.0 Å². The maximum absolute atomic E-state index is 12.6. The molecule has 7 nitrogen and oxygen atoms in total. The summed E-state index contributed by atoms with van der Waals surface area (Å²) in [6.07, 6.45) is 7.99. The number of carbonyl (C=O) groups excluding carboxylic acids is 1. The summed E-state index contributed by atoms with van der Waals surface area (Å²) in [5, 5.41) is 3.74. The molecule has 0 unspecified atom stereocenters. The van der Waals surface area contributed by atoms with Crippen molar-refractivity contribution in [2.75, 3.05) is 6.54 Å². The summed E-state index contributed by atoms with van der Waals surface area (Å²) in [6, 6.07) is 3.84. The highest BCUT2D eigenvalue weighted by Gasteiger charge is 2.27. The van der Waals surface area contributed by atoms with Crippen LogP contribution in [0.15, 0.2) is 40.1 Å². The van der Waals surface area contributed by atoms with Crippen LogP contribution in [-0.4, -0.2) is 27.6 Å². The van der Waals surface area contributed by atoms with Crippen LogP contribution in [0, 0.1) is 6.92 Å². The van der Waals surface area contributed by atoms with E-state index >= 15 is 0 Å². The zero-order valence-electron chi connectivity index (χ0n) is 17.7. The van der Waals surface area contributed by atoms with Gasteiger partial charge in [-0.2, -0.15) is 0 Å². The number of benzene rings is 1. The first-order valence-corrected chi connectivity index (χ1v) is 10.3. The lowest BCUT2D eigenvalue weighted by molar-refractivity contribution is -0.120. The third-order valence-corrected chi connectivity index (χ3v) is 5.66. The van der Waals surface area contributed by atoms with E-state index < -0.39 is 5.63 Å². The molecule has 1 amide bonds. The van der Waals surface area contributed by atoms with Crippen LogP contribution < -0.4 is 15.7 Å². The zero-order chi connectivity index (χ0) is 21.3. The lowest BCUT2D eigenvalue weighted by Gasteiger charge is -2.32. The summed E-state index contributed by atoms with van der Waals surface area (Å²) in [4.78, 5) is 29.0. The Balaban J connectivity index is 1.48. The van der Waals surface area contributed by atoms with Gasteiger partial charge in [0.15, 0.2) is 0 Å². The number of nitrogens with zero attached hydrogens (tertiary/aromatic N) is 2. The SMILES string of the molecule is Cc1c(CC(=O)NCCCn2ccnc2)c(=O)oc2cc3c(cc12)CCC(C)(C)O3. The van der Waals surface area contributed by atoms with Crippen LogP contribution >= 0.6 is 0 Å². The standard InChI is InChI=1S/C23H27N3O4/c1-15-17-11-16-5-6-23(2,3)30-19(16)13-20(17)29-22(28)18(15)12-21(27)25-7-4-9-26-10-8-24-14-26/h8,10-11,13-14H,4-7,9,12H2,1-3H3,(H,25,27). The van der Waals surface area contributed by atoms with Gasteiger partial charge in [-0.15, -0.1) is 0 Å². The summed E-state index contributed by atoms with van der Waals surface area (Å²) in [5.41, 5.74) is 2.11. The van der Waals surface area contributed by atoms with Gasteiger partial charge in [0, 0.05) is 36.9 Å². The normalized spacial score (nSPS) is 14.9. The van der Waals surface area contributed by atoms with Gasteiger partial charge in [-0.05, 0) is 57.2 Å². The Labute approximate surface area is 175 Å². The molecule has 0 aliphatic carbocycles. The smallest absolute Gasteiger partial charge is 0.340 e. The number of hydrogen-bond acceptors (Lipinski definition) is 5. The van der Waals surface area contributed by atoms with Crippen LogP contribution in [0.3, 0.4) is 0 Å². The van der Waals surface area contributed by atoms with E-state index in [2.05, 4.69) is 24.1 Å². The molecule has 0 atom stereocenters. The van der Waals surface area contributed by atoms with Crippen molar-refractivity contribution in [3.63, 3.8) is 0 Å². The van der Waals surface area contributed by atoms with Gasteiger partial charge in [0.2, 0.25) is 5.91 Å². The second kappa shape index (κ2) is 7.97. The molecular weight excluding hydrogens is 382 g/mol. The van der Waals surface area contributed by atoms with E-state index in [-0.39, 0.29) is 17.9 Å².